The summed E-state index contributed by atoms with van der Waals surface area (Å²) in [5, 5.41) is 2.88. The molecule has 1 aromatic carbocycles. The van der Waals surface area contributed by atoms with Gasteiger partial charge in [0.25, 0.3) is 0 Å². The SMILES string of the molecule is O=C1CC23C(=CC4=C(C(=O)OCO4)C2=Nc2ccccc23)N1. The predicted octanol–water partition coefficient (Wildman–Crippen LogP) is 1.21. The summed E-state index contributed by atoms with van der Waals surface area (Å²) in [4.78, 5) is 28.9. The van der Waals surface area contributed by atoms with Gasteiger partial charge in [0.15, 0.2) is 0 Å². The summed E-state index contributed by atoms with van der Waals surface area (Å²) < 4.78 is 10.4. The lowest BCUT2D eigenvalue weighted by Crippen LogP contribution is -2.41. The molecule has 1 amide bonds. The van der Waals surface area contributed by atoms with Gasteiger partial charge in [0.05, 0.1) is 16.8 Å². The van der Waals surface area contributed by atoms with Crippen molar-refractivity contribution in [1.29, 1.82) is 0 Å². The topological polar surface area (TPSA) is 77.0 Å². The number of fused-ring (bicyclic) bond motifs is 2. The van der Waals surface area contributed by atoms with Crippen molar-refractivity contribution in [2.45, 2.75) is 11.8 Å². The Kier molecular flexibility index (Phi) is 1.95. The van der Waals surface area contributed by atoms with Crippen molar-refractivity contribution in [1.82, 2.24) is 5.32 Å². The third-order valence-corrected chi connectivity index (χ3v) is 4.53. The summed E-state index contributed by atoms with van der Waals surface area (Å²) in [6.45, 7) is -0.122. The van der Waals surface area contributed by atoms with E-state index in [9.17, 15) is 9.59 Å². The molecule has 4 aliphatic rings. The molecule has 0 aromatic heterocycles. The number of ether oxygens (including phenoxy) is 2. The molecule has 0 radical (unpaired) electrons. The van der Waals surface area contributed by atoms with Gasteiger partial charge in [-0.2, -0.15) is 0 Å². The Morgan fingerprint density at radius 2 is 2.05 bits per heavy atom. The normalized spacial score (nSPS) is 27.6. The van der Waals surface area contributed by atoms with E-state index in [4.69, 9.17) is 9.47 Å². The van der Waals surface area contributed by atoms with Crippen LogP contribution in [0.5, 0.6) is 0 Å². The first kappa shape index (κ1) is 11.7. The Hall–Kier alpha value is -2.89. The summed E-state index contributed by atoms with van der Waals surface area (Å²) in [6.07, 6.45) is 1.96. The maximum Gasteiger partial charge on any atom is 0.346 e. The Morgan fingerprint density at radius 1 is 1.18 bits per heavy atom. The van der Waals surface area contributed by atoms with Crippen molar-refractivity contribution in [2.75, 3.05) is 6.79 Å². The molecule has 0 bridgehead atoms. The van der Waals surface area contributed by atoms with Gasteiger partial charge in [-0.25, -0.2) is 4.79 Å². The summed E-state index contributed by atoms with van der Waals surface area (Å²) >= 11 is 0. The van der Waals surface area contributed by atoms with Crippen LogP contribution in [-0.2, 0) is 24.5 Å². The highest BCUT2D eigenvalue weighted by molar-refractivity contribution is 6.30. The fraction of sp³-hybridized carbons (Fsp3) is 0.188. The number of carbonyl (C=O) groups excluding carboxylic acids is 2. The Balaban J connectivity index is 1.85. The number of hydrogen-bond donors (Lipinski definition) is 1. The molecule has 6 nitrogen and oxygen atoms in total. The van der Waals surface area contributed by atoms with Gasteiger partial charge in [0.2, 0.25) is 12.7 Å². The third kappa shape index (κ3) is 1.19. The fourth-order valence-electron chi connectivity index (χ4n) is 3.64. The van der Waals surface area contributed by atoms with Crippen molar-refractivity contribution >= 4 is 23.3 Å². The van der Waals surface area contributed by atoms with E-state index in [1.54, 1.807) is 6.08 Å². The second kappa shape index (κ2) is 3.65. The molecule has 1 aliphatic carbocycles. The van der Waals surface area contributed by atoms with Crippen LogP contribution in [0.1, 0.15) is 12.0 Å². The number of nitrogens with zero attached hydrogens (tertiary/aromatic N) is 1. The van der Waals surface area contributed by atoms with Crippen molar-refractivity contribution < 1.29 is 19.1 Å². The minimum absolute atomic E-state index is 0.0936. The van der Waals surface area contributed by atoms with E-state index in [0.29, 0.717) is 17.0 Å². The highest BCUT2D eigenvalue weighted by Gasteiger charge is 2.57. The van der Waals surface area contributed by atoms with Crippen LogP contribution in [0.2, 0.25) is 0 Å². The second-order valence-corrected chi connectivity index (χ2v) is 5.60. The van der Waals surface area contributed by atoms with E-state index in [1.165, 1.54) is 0 Å². The number of para-hydroxylation sites is 1. The Morgan fingerprint density at radius 3 is 2.95 bits per heavy atom. The lowest BCUT2D eigenvalue weighted by Gasteiger charge is -2.33. The van der Waals surface area contributed by atoms with Gasteiger partial charge in [-0.15, -0.1) is 0 Å². The fourth-order valence-corrected chi connectivity index (χ4v) is 3.64. The van der Waals surface area contributed by atoms with Crippen LogP contribution in [-0.4, -0.2) is 24.4 Å². The maximum atomic E-state index is 12.2. The molecule has 1 aromatic rings. The van der Waals surface area contributed by atoms with Crippen LogP contribution in [0.25, 0.3) is 0 Å². The van der Waals surface area contributed by atoms with Gasteiger partial charge >= 0.3 is 5.97 Å². The molecule has 22 heavy (non-hydrogen) atoms. The van der Waals surface area contributed by atoms with E-state index in [2.05, 4.69) is 10.3 Å². The van der Waals surface area contributed by atoms with Crippen LogP contribution in [0, 0.1) is 0 Å². The number of allylic oxidation sites excluding steroid dienone is 2. The lowest BCUT2D eigenvalue weighted by atomic mass is 9.69. The lowest BCUT2D eigenvalue weighted by molar-refractivity contribution is -0.151. The predicted molar refractivity (Wildman–Crippen MR) is 75.1 cm³/mol. The van der Waals surface area contributed by atoms with Crippen LogP contribution in [0.4, 0.5) is 5.69 Å². The molecule has 1 spiro atoms. The zero-order chi connectivity index (χ0) is 14.9. The van der Waals surface area contributed by atoms with E-state index >= 15 is 0 Å². The van der Waals surface area contributed by atoms with Crippen molar-refractivity contribution in [3.05, 3.63) is 52.9 Å². The second-order valence-electron chi connectivity index (χ2n) is 5.60. The summed E-state index contributed by atoms with van der Waals surface area (Å²) in [5.41, 5.74) is 2.57. The van der Waals surface area contributed by atoms with Gasteiger partial charge in [0.1, 0.15) is 11.3 Å². The minimum atomic E-state index is -0.716. The minimum Gasteiger partial charge on any atom is -0.456 e. The van der Waals surface area contributed by atoms with Gasteiger partial charge < -0.3 is 14.8 Å². The van der Waals surface area contributed by atoms with Crippen LogP contribution >= 0.6 is 0 Å². The number of aliphatic imine (C=N–C) groups is 1. The summed E-state index contributed by atoms with van der Waals surface area (Å²) in [5.74, 6) is -0.138. The molecule has 108 valence electrons. The quantitative estimate of drug-likeness (QED) is 0.730. The van der Waals surface area contributed by atoms with Crippen LogP contribution < -0.4 is 5.32 Å². The van der Waals surface area contributed by atoms with E-state index in [1.807, 2.05) is 24.3 Å². The molecule has 1 N–H and O–H groups in total. The number of cyclic esters (lactones) is 1. The number of esters is 1. The summed E-state index contributed by atoms with van der Waals surface area (Å²) in [7, 11) is 0. The molecule has 1 fully saturated rings. The zero-order valence-corrected chi connectivity index (χ0v) is 11.4. The Bertz CT molecular complexity index is 865. The number of hydrogen-bond acceptors (Lipinski definition) is 5. The monoisotopic (exact) mass is 294 g/mol. The molecule has 6 heteroatoms. The van der Waals surface area contributed by atoms with Gasteiger partial charge in [0, 0.05) is 18.2 Å². The first-order valence-corrected chi connectivity index (χ1v) is 6.95. The van der Waals surface area contributed by atoms with Crippen molar-refractivity contribution in [3.8, 4) is 0 Å². The molecule has 1 saturated heterocycles. The number of rotatable bonds is 0. The molecular formula is C16H10N2O4. The molecule has 3 aliphatic heterocycles. The third-order valence-electron chi connectivity index (χ3n) is 4.53. The number of amides is 1. The molecule has 1 unspecified atom stereocenters. The number of carbonyl (C=O) groups is 2. The number of nitrogens with one attached hydrogen (secondary N) is 1. The first-order valence-electron chi connectivity index (χ1n) is 6.95. The average molecular weight is 294 g/mol. The van der Waals surface area contributed by atoms with Crippen molar-refractivity contribution in [3.63, 3.8) is 0 Å². The van der Waals surface area contributed by atoms with E-state index < -0.39 is 11.4 Å². The maximum absolute atomic E-state index is 12.2. The standard InChI is InChI=1S/C16H10N2O4/c19-12-6-16-8-3-1-2-4-9(8)17-14(16)13-10(5-11(16)18-12)21-7-22-15(13)20/h1-5H,6-7H2,(H,18,19). The zero-order valence-electron chi connectivity index (χ0n) is 11.4. The highest BCUT2D eigenvalue weighted by atomic mass is 16.7. The Labute approximate surface area is 125 Å². The van der Waals surface area contributed by atoms with Crippen LogP contribution in [0.3, 0.4) is 0 Å². The average Bonchev–Trinajstić information content (AvgIpc) is 3.00. The largest absolute Gasteiger partial charge is 0.456 e. The smallest absolute Gasteiger partial charge is 0.346 e. The van der Waals surface area contributed by atoms with E-state index in [-0.39, 0.29) is 19.1 Å². The van der Waals surface area contributed by atoms with Crippen molar-refractivity contribution in [2.24, 2.45) is 4.99 Å². The molecule has 0 saturated carbocycles. The molecule has 3 heterocycles. The number of benzene rings is 1. The highest BCUT2D eigenvalue weighted by Crippen LogP contribution is 2.53. The van der Waals surface area contributed by atoms with Gasteiger partial charge in [-0.05, 0) is 11.6 Å². The van der Waals surface area contributed by atoms with Crippen LogP contribution in [0.15, 0.2) is 52.4 Å². The molecule has 1 atom stereocenters. The van der Waals surface area contributed by atoms with Gasteiger partial charge in [-0.1, -0.05) is 18.2 Å². The summed E-state index contributed by atoms with van der Waals surface area (Å²) in [6, 6.07) is 7.62. The first-order chi connectivity index (χ1) is 10.7. The molecular weight excluding hydrogens is 284 g/mol. The molecule has 5 rings (SSSR count). The van der Waals surface area contributed by atoms with E-state index in [0.717, 1.165) is 16.9 Å². The van der Waals surface area contributed by atoms with Gasteiger partial charge in [-0.3, -0.25) is 9.79 Å².